The van der Waals surface area contributed by atoms with Crippen LogP contribution in [0.3, 0.4) is 0 Å². The highest BCUT2D eigenvalue weighted by Crippen LogP contribution is 2.67. The fourth-order valence-corrected chi connectivity index (χ4v) is 7.00. The SMILES string of the molecule is C[C@]12CC[C@H]3[C@@H](CCC4C(=O)C(=O)CC[C@@H]43)[C@@H]1CCC2(O)C(F)(F)F. The maximum Gasteiger partial charge on any atom is 0.417 e. The monoisotopic (exact) mass is 358 g/mol. The molecular weight excluding hydrogens is 333 g/mol. The number of hydrogen-bond acceptors (Lipinski definition) is 3. The molecule has 0 spiro atoms. The number of fused-ring (bicyclic) bond motifs is 5. The molecule has 0 bridgehead atoms. The minimum absolute atomic E-state index is 0.136. The van der Waals surface area contributed by atoms with E-state index in [1.54, 1.807) is 6.92 Å². The van der Waals surface area contributed by atoms with Crippen LogP contribution >= 0.6 is 0 Å². The quantitative estimate of drug-likeness (QED) is 0.672. The van der Waals surface area contributed by atoms with Crippen molar-refractivity contribution in [2.45, 2.75) is 70.1 Å². The highest BCUT2D eigenvalue weighted by molar-refractivity contribution is 6.38. The van der Waals surface area contributed by atoms with Crippen molar-refractivity contribution < 1.29 is 27.9 Å². The Hall–Kier alpha value is -0.910. The van der Waals surface area contributed by atoms with Crippen LogP contribution in [0.2, 0.25) is 0 Å². The minimum Gasteiger partial charge on any atom is -0.380 e. The zero-order valence-electron chi connectivity index (χ0n) is 14.4. The van der Waals surface area contributed by atoms with Gasteiger partial charge in [0.25, 0.3) is 0 Å². The minimum atomic E-state index is -4.60. The number of hydrogen-bond donors (Lipinski definition) is 1. The molecular formula is C19H25F3O3. The highest BCUT2D eigenvalue weighted by atomic mass is 19.4. The first-order valence-electron chi connectivity index (χ1n) is 9.46. The Morgan fingerprint density at radius 1 is 0.960 bits per heavy atom. The van der Waals surface area contributed by atoms with Crippen LogP contribution in [0.15, 0.2) is 0 Å². The summed E-state index contributed by atoms with van der Waals surface area (Å²) in [4.78, 5) is 24.0. The van der Waals surface area contributed by atoms with Gasteiger partial charge < -0.3 is 5.11 Å². The fourth-order valence-electron chi connectivity index (χ4n) is 7.00. The molecule has 4 aliphatic carbocycles. The van der Waals surface area contributed by atoms with Crippen molar-refractivity contribution in [3.8, 4) is 0 Å². The predicted octanol–water partition coefficient (Wildman–Crippen LogP) is 3.68. The van der Waals surface area contributed by atoms with Gasteiger partial charge in [-0.3, -0.25) is 9.59 Å². The molecule has 0 radical (unpaired) electrons. The zero-order valence-corrected chi connectivity index (χ0v) is 14.4. The van der Waals surface area contributed by atoms with E-state index >= 15 is 0 Å². The van der Waals surface area contributed by atoms with Crippen molar-refractivity contribution in [2.75, 3.05) is 0 Å². The summed E-state index contributed by atoms with van der Waals surface area (Å²) >= 11 is 0. The molecule has 4 fully saturated rings. The van der Waals surface area contributed by atoms with Gasteiger partial charge in [0.05, 0.1) is 0 Å². The van der Waals surface area contributed by atoms with E-state index in [2.05, 4.69) is 0 Å². The van der Waals surface area contributed by atoms with Crippen LogP contribution in [0.5, 0.6) is 0 Å². The van der Waals surface area contributed by atoms with Gasteiger partial charge in [-0.1, -0.05) is 6.92 Å². The Bertz CT molecular complexity index is 616. The third-order valence-electron chi connectivity index (χ3n) is 8.31. The first-order chi connectivity index (χ1) is 11.6. The first kappa shape index (κ1) is 17.5. The van der Waals surface area contributed by atoms with Gasteiger partial charge in [-0.2, -0.15) is 13.2 Å². The molecule has 0 heterocycles. The largest absolute Gasteiger partial charge is 0.417 e. The topological polar surface area (TPSA) is 54.4 Å². The van der Waals surface area contributed by atoms with Crippen LogP contribution in [-0.2, 0) is 9.59 Å². The Morgan fingerprint density at radius 3 is 2.36 bits per heavy atom. The number of aliphatic hydroxyl groups is 1. The van der Waals surface area contributed by atoms with Gasteiger partial charge in [0.2, 0.25) is 5.78 Å². The molecule has 0 aromatic heterocycles. The molecule has 6 heteroatoms. The lowest BCUT2D eigenvalue weighted by Crippen LogP contribution is -2.59. The van der Waals surface area contributed by atoms with Crippen LogP contribution < -0.4 is 0 Å². The second-order valence-electron chi connectivity index (χ2n) is 8.96. The van der Waals surface area contributed by atoms with E-state index in [1.807, 2.05) is 0 Å². The zero-order chi connectivity index (χ0) is 18.2. The maximum atomic E-state index is 13.6. The summed E-state index contributed by atoms with van der Waals surface area (Å²) in [6.45, 7) is 1.62. The lowest BCUT2D eigenvalue weighted by atomic mass is 9.49. The predicted molar refractivity (Wildman–Crippen MR) is 83.5 cm³/mol. The number of alkyl halides is 3. The standard InChI is InChI=1S/C19H25F3O3/c1-17-8-6-11-10-4-5-15(23)16(24)13(10)3-2-12(11)14(17)7-9-18(17,25)19(20,21)22/h10-14,25H,2-9H2,1H3/t10-,11-,12-,13?,14+,17+,18?/m1/s1. The van der Waals surface area contributed by atoms with E-state index in [-0.39, 0.29) is 54.0 Å². The summed E-state index contributed by atoms with van der Waals surface area (Å²) in [5.74, 6) is -0.370. The van der Waals surface area contributed by atoms with Crippen LogP contribution in [0.4, 0.5) is 13.2 Å². The molecule has 4 saturated carbocycles. The molecule has 0 aromatic rings. The van der Waals surface area contributed by atoms with Crippen molar-refractivity contribution in [3.05, 3.63) is 0 Å². The number of carbonyl (C=O) groups is 2. The Kier molecular flexibility index (Phi) is 3.71. The molecule has 0 aromatic carbocycles. The Labute approximate surface area is 145 Å². The van der Waals surface area contributed by atoms with Gasteiger partial charge in [0.15, 0.2) is 11.4 Å². The third-order valence-corrected chi connectivity index (χ3v) is 8.31. The number of carbonyl (C=O) groups excluding carboxylic acids is 2. The molecule has 4 aliphatic rings. The Balaban J connectivity index is 1.63. The smallest absolute Gasteiger partial charge is 0.380 e. The molecule has 0 saturated heterocycles. The van der Waals surface area contributed by atoms with Crippen LogP contribution in [-0.4, -0.2) is 28.5 Å². The highest BCUT2D eigenvalue weighted by Gasteiger charge is 2.72. The molecule has 25 heavy (non-hydrogen) atoms. The maximum absolute atomic E-state index is 13.6. The van der Waals surface area contributed by atoms with Crippen molar-refractivity contribution in [1.29, 1.82) is 0 Å². The molecule has 140 valence electrons. The number of ketones is 2. The summed E-state index contributed by atoms with van der Waals surface area (Å²) in [6, 6.07) is 0. The normalized spacial score (nSPS) is 50.2. The van der Waals surface area contributed by atoms with Gasteiger partial charge in [-0.05, 0) is 68.6 Å². The van der Waals surface area contributed by atoms with Gasteiger partial charge >= 0.3 is 6.18 Å². The summed E-state index contributed by atoms with van der Waals surface area (Å²) in [7, 11) is 0. The van der Waals surface area contributed by atoms with E-state index in [4.69, 9.17) is 0 Å². The molecule has 0 amide bonds. The van der Waals surface area contributed by atoms with E-state index in [1.165, 1.54) is 0 Å². The molecule has 0 aliphatic heterocycles. The Morgan fingerprint density at radius 2 is 1.68 bits per heavy atom. The second kappa shape index (κ2) is 5.30. The number of rotatable bonds is 0. The van der Waals surface area contributed by atoms with Gasteiger partial charge in [0, 0.05) is 17.8 Å². The molecule has 2 unspecified atom stereocenters. The second-order valence-corrected chi connectivity index (χ2v) is 8.96. The summed E-state index contributed by atoms with van der Waals surface area (Å²) < 4.78 is 40.8. The van der Waals surface area contributed by atoms with E-state index in [9.17, 15) is 27.9 Å². The van der Waals surface area contributed by atoms with E-state index < -0.39 is 17.2 Å². The lowest BCUT2D eigenvalue weighted by molar-refractivity contribution is -0.302. The number of halogens is 3. The number of Topliss-reactive ketones (excluding diaryl/α,β-unsaturated/α-hetero) is 2. The third kappa shape index (κ3) is 2.15. The fraction of sp³-hybridized carbons (Fsp3) is 0.895. The van der Waals surface area contributed by atoms with Crippen LogP contribution in [0.1, 0.15) is 58.3 Å². The summed E-state index contributed by atoms with van der Waals surface area (Å²) in [5, 5.41) is 10.6. The van der Waals surface area contributed by atoms with Gasteiger partial charge in [0.1, 0.15) is 0 Å². The average molecular weight is 358 g/mol. The summed E-state index contributed by atoms with van der Waals surface area (Å²) in [5.41, 5.74) is -3.72. The molecule has 7 atom stereocenters. The van der Waals surface area contributed by atoms with Crippen molar-refractivity contribution in [3.63, 3.8) is 0 Å². The van der Waals surface area contributed by atoms with Crippen LogP contribution in [0, 0.1) is 35.0 Å². The first-order valence-corrected chi connectivity index (χ1v) is 9.46. The van der Waals surface area contributed by atoms with E-state index in [0.29, 0.717) is 38.5 Å². The molecule has 1 N–H and O–H groups in total. The van der Waals surface area contributed by atoms with Crippen molar-refractivity contribution in [1.82, 2.24) is 0 Å². The average Bonchev–Trinajstić information content (AvgIpc) is 2.83. The van der Waals surface area contributed by atoms with Crippen LogP contribution in [0.25, 0.3) is 0 Å². The van der Waals surface area contributed by atoms with Crippen molar-refractivity contribution in [2.24, 2.45) is 35.0 Å². The molecule has 4 rings (SSSR count). The van der Waals surface area contributed by atoms with Gasteiger partial charge in [-0.25, -0.2) is 0 Å². The van der Waals surface area contributed by atoms with Crippen molar-refractivity contribution >= 4 is 11.6 Å². The summed E-state index contributed by atoms with van der Waals surface area (Å²) in [6.07, 6.45) is -1.13. The van der Waals surface area contributed by atoms with Gasteiger partial charge in [-0.15, -0.1) is 0 Å². The lowest BCUT2D eigenvalue weighted by Gasteiger charge is -2.56. The molecule has 3 nitrogen and oxygen atoms in total. The van der Waals surface area contributed by atoms with E-state index in [0.717, 1.165) is 0 Å².